The molecule has 4 nitrogen and oxygen atoms in total. The molecule has 0 aliphatic carbocycles. The lowest BCUT2D eigenvalue weighted by molar-refractivity contribution is -0.121. The number of phenols is 1. The Balaban J connectivity index is 1.81. The highest BCUT2D eigenvalue weighted by atomic mass is 32.2. The van der Waals surface area contributed by atoms with Crippen LogP contribution in [0.4, 0.5) is 0 Å². The predicted octanol–water partition coefficient (Wildman–Crippen LogP) is 2.23. The van der Waals surface area contributed by atoms with Gasteiger partial charge in [0.2, 0.25) is 5.91 Å². The van der Waals surface area contributed by atoms with Gasteiger partial charge in [0.05, 0.1) is 0 Å². The number of nitrogens with zero attached hydrogens (tertiary/aromatic N) is 1. The zero-order chi connectivity index (χ0) is 15.1. The second-order valence-corrected chi connectivity index (χ2v) is 6.54. The zero-order valence-corrected chi connectivity index (χ0v) is 13.4. The van der Waals surface area contributed by atoms with E-state index >= 15 is 0 Å². The third-order valence-corrected chi connectivity index (χ3v) is 4.33. The minimum atomic E-state index is 0.161. The first-order valence-corrected chi connectivity index (χ1v) is 8.85. The van der Waals surface area contributed by atoms with Crippen LogP contribution in [0.3, 0.4) is 0 Å². The summed E-state index contributed by atoms with van der Waals surface area (Å²) in [5, 5.41) is 12.7. The zero-order valence-electron chi connectivity index (χ0n) is 12.5. The Morgan fingerprint density at radius 3 is 3.14 bits per heavy atom. The van der Waals surface area contributed by atoms with Crippen molar-refractivity contribution >= 4 is 17.7 Å². The van der Waals surface area contributed by atoms with Gasteiger partial charge < -0.3 is 10.4 Å². The fraction of sp³-hybridized carbons (Fsp3) is 0.562. The highest BCUT2D eigenvalue weighted by molar-refractivity contribution is 7.98. The van der Waals surface area contributed by atoms with Crippen LogP contribution in [0.1, 0.15) is 24.8 Å². The van der Waals surface area contributed by atoms with E-state index in [1.165, 1.54) is 0 Å². The summed E-state index contributed by atoms with van der Waals surface area (Å²) < 4.78 is 0. The standard InChI is InChI=1S/C16H24N2O2S/c1-21-9-7-16(20)17-14-5-3-8-18(12-14)11-13-4-2-6-15(19)10-13/h2,4,6,10,14,19H,3,5,7-9,11-12H2,1H3,(H,17,20). The number of hydrogen-bond donors (Lipinski definition) is 2. The minimum absolute atomic E-state index is 0.161. The first-order chi connectivity index (χ1) is 10.2. The molecule has 0 aromatic heterocycles. The van der Waals surface area contributed by atoms with Crippen LogP contribution in [-0.2, 0) is 11.3 Å². The Bertz CT molecular complexity index is 467. The number of aromatic hydroxyl groups is 1. The first-order valence-electron chi connectivity index (χ1n) is 7.46. The second kappa shape index (κ2) is 8.29. The van der Waals surface area contributed by atoms with Gasteiger partial charge in [-0.3, -0.25) is 9.69 Å². The van der Waals surface area contributed by atoms with Crippen LogP contribution in [-0.4, -0.2) is 47.1 Å². The van der Waals surface area contributed by atoms with Crippen molar-refractivity contribution in [1.29, 1.82) is 0 Å². The summed E-state index contributed by atoms with van der Waals surface area (Å²) in [5.41, 5.74) is 1.12. The third-order valence-electron chi connectivity index (χ3n) is 3.72. The summed E-state index contributed by atoms with van der Waals surface area (Å²) in [6.45, 7) is 2.76. The van der Waals surface area contributed by atoms with Gasteiger partial charge in [0, 0.05) is 31.3 Å². The molecule has 1 aromatic carbocycles. The van der Waals surface area contributed by atoms with Crippen LogP contribution < -0.4 is 5.32 Å². The van der Waals surface area contributed by atoms with Crippen LogP contribution in [0, 0.1) is 0 Å². The van der Waals surface area contributed by atoms with Crippen molar-refractivity contribution in [3.63, 3.8) is 0 Å². The molecule has 1 aliphatic heterocycles. The van der Waals surface area contributed by atoms with Crippen molar-refractivity contribution < 1.29 is 9.90 Å². The molecule has 1 aliphatic rings. The van der Waals surface area contributed by atoms with Crippen LogP contribution in [0.2, 0.25) is 0 Å². The van der Waals surface area contributed by atoms with Crippen LogP contribution in [0.25, 0.3) is 0 Å². The van der Waals surface area contributed by atoms with Crippen LogP contribution in [0.5, 0.6) is 5.75 Å². The monoisotopic (exact) mass is 308 g/mol. The maximum absolute atomic E-state index is 11.8. The van der Waals surface area contributed by atoms with Gasteiger partial charge in [0.15, 0.2) is 0 Å². The van der Waals surface area contributed by atoms with Crippen LogP contribution in [0.15, 0.2) is 24.3 Å². The maximum Gasteiger partial charge on any atom is 0.221 e. The van der Waals surface area contributed by atoms with E-state index in [0.717, 1.165) is 43.8 Å². The number of likely N-dealkylation sites (tertiary alicyclic amines) is 1. The Labute approximate surface area is 130 Å². The molecular formula is C16H24N2O2S. The number of carbonyl (C=O) groups is 1. The van der Waals surface area contributed by atoms with E-state index in [1.807, 2.05) is 18.4 Å². The van der Waals surface area contributed by atoms with Crippen molar-refractivity contribution in [1.82, 2.24) is 10.2 Å². The predicted molar refractivity (Wildman–Crippen MR) is 87.5 cm³/mol. The second-order valence-electron chi connectivity index (χ2n) is 5.55. The molecule has 1 saturated heterocycles. The van der Waals surface area contributed by atoms with Crippen molar-refractivity contribution in [2.45, 2.75) is 31.8 Å². The lowest BCUT2D eigenvalue weighted by Crippen LogP contribution is -2.47. The summed E-state index contributed by atoms with van der Waals surface area (Å²) in [6.07, 6.45) is 4.78. The molecular weight excluding hydrogens is 284 g/mol. The van der Waals surface area contributed by atoms with Gasteiger partial charge in [-0.05, 0) is 43.3 Å². The minimum Gasteiger partial charge on any atom is -0.508 e. The molecule has 1 atom stereocenters. The number of benzene rings is 1. The number of nitrogens with one attached hydrogen (secondary N) is 1. The number of rotatable bonds is 6. The molecule has 1 aromatic rings. The molecule has 0 spiro atoms. The van der Waals surface area contributed by atoms with E-state index in [9.17, 15) is 9.90 Å². The summed E-state index contributed by atoms with van der Waals surface area (Å²) >= 11 is 1.70. The lowest BCUT2D eigenvalue weighted by Gasteiger charge is -2.33. The number of piperidine rings is 1. The largest absolute Gasteiger partial charge is 0.508 e. The van der Waals surface area contributed by atoms with E-state index < -0.39 is 0 Å². The van der Waals surface area contributed by atoms with Gasteiger partial charge in [-0.15, -0.1) is 0 Å². The number of thioether (sulfide) groups is 1. The van der Waals surface area contributed by atoms with Crippen LogP contribution >= 0.6 is 11.8 Å². The van der Waals surface area contributed by atoms with Crippen molar-refractivity contribution in [3.05, 3.63) is 29.8 Å². The summed E-state index contributed by atoms with van der Waals surface area (Å²) in [5.74, 6) is 1.35. The van der Waals surface area contributed by atoms with Crippen molar-refractivity contribution in [3.8, 4) is 5.75 Å². The van der Waals surface area contributed by atoms with E-state index in [2.05, 4.69) is 10.2 Å². The average Bonchev–Trinajstić information content (AvgIpc) is 2.45. The first kappa shape index (κ1) is 16.2. The summed E-state index contributed by atoms with van der Waals surface area (Å²) in [7, 11) is 0. The van der Waals surface area contributed by atoms with Gasteiger partial charge >= 0.3 is 0 Å². The van der Waals surface area contributed by atoms with Gasteiger partial charge in [-0.2, -0.15) is 11.8 Å². The molecule has 116 valence electrons. The summed E-state index contributed by atoms with van der Waals surface area (Å²) in [6, 6.07) is 7.65. The van der Waals surface area contributed by atoms with E-state index in [-0.39, 0.29) is 11.9 Å². The molecule has 21 heavy (non-hydrogen) atoms. The fourth-order valence-electron chi connectivity index (χ4n) is 2.72. The molecule has 1 amide bonds. The smallest absolute Gasteiger partial charge is 0.221 e. The lowest BCUT2D eigenvalue weighted by atomic mass is 10.0. The van der Waals surface area contributed by atoms with Gasteiger partial charge in [0.1, 0.15) is 5.75 Å². The SMILES string of the molecule is CSCCC(=O)NC1CCCN(Cc2cccc(O)c2)C1. The molecule has 1 heterocycles. The molecule has 1 fully saturated rings. The highest BCUT2D eigenvalue weighted by Crippen LogP contribution is 2.17. The average molecular weight is 308 g/mol. The molecule has 0 bridgehead atoms. The number of carbonyl (C=O) groups excluding carboxylic acids is 1. The normalized spacial score (nSPS) is 19.4. The Morgan fingerprint density at radius 2 is 2.38 bits per heavy atom. The summed E-state index contributed by atoms with van der Waals surface area (Å²) in [4.78, 5) is 14.1. The van der Waals surface area contributed by atoms with Gasteiger partial charge in [-0.1, -0.05) is 12.1 Å². The molecule has 0 saturated carbocycles. The molecule has 2 rings (SSSR count). The maximum atomic E-state index is 11.8. The molecule has 1 unspecified atom stereocenters. The number of phenolic OH excluding ortho intramolecular Hbond substituents is 1. The Morgan fingerprint density at radius 1 is 1.52 bits per heavy atom. The third kappa shape index (κ3) is 5.59. The Kier molecular flexibility index (Phi) is 6.39. The fourth-order valence-corrected chi connectivity index (χ4v) is 3.11. The van der Waals surface area contributed by atoms with E-state index in [1.54, 1.807) is 23.9 Å². The molecule has 5 heteroatoms. The molecule has 0 radical (unpaired) electrons. The van der Waals surface area contributed by atoms with Gasteiger partial charge in [-0.25, -0.2) is 0 Å². The topological polar surface area (TPSA) is 52.6 Å². The molecule has 2 N–H and O–H groups in total. The quantitative estimate of drug-likeness (QED) is 0.846. The number of hydrogen-bond acceptors (Lipinski definition) is 4. The van der Waals surface area contributed by atoms with Crippen molar-refractivity contribution in [2.75, 3.05) is 25.1 Å². The van der Waals surface area contributed by atoms with E-state index in [0.29, 0.717) is 12.2 Å². The number of amides is 1. The van der Waals surface area contributed by atoms with Gasteiger partial charge in [0.25, 0.3) is 0 Å². The van der Waals surface area contributed by atoms with E-state index in [4.69, 9.17) is 0 Å². The van der Waals surface area contributed by atoms with Crippen molar-refractivity contribution in [2.24, 2.45) is 0 Å². The highest BCUT2D eigenvalue weighted by Gasteiger charge is 2.21. The Hall–Kier alpha value is -1.20.